The zero-order valence-corrected chi connectivity index (χ0v) is 29.9. The quantitative estimate of drug-likeness (QED) is 0.0426. The second-order valence-corrected chi connectivity index (χ2v) is 13.0. The van der Waals surface area contributed by atoms with Gasteiger partial charge in [-0.1, -0.05) is 147 Å². The molecule has 0 rings (SSSR count). The molecule has 0 aliphatic rings. The molecule has 1 atom stereocenters. The molecule has 0 saturated heterocycles. The molecular formula is C40H74O5. The van der Waals surface area contributed by atoms with Gasteiger partial charge < -0.3 is 14.6 Å². The van der Waals surface area contributed by atoms with Crippen LogP contribution in [0.1, 0.15) is 200 Å². The Balaban J connectivity index is 3.56. The minimum absolute atomic E-state index is 0.0687. The van der Waals surface area contributed by atoms with Gasteiger partial charge in [0.2, 0.25) is 0 Å². The van der Waals surface area contributed by atoms with Gasteiger partial charge >= 0.3 is 11.9 Å². The van der Waals surface area contributed by atoms with E-state index in [4.69, 9.17) is 9.47 Å². The minimum Gasteiger partial charge on any atom is -0.462 e. The topological polar surface area (TPSA) is 72.8 Å². The van der Waals surface area contributed by atoms with E-state index in [0.29, 0.717) is 12.8 Å². The lowest BCUT2D eigenvalue weighted by Crippen LogP contribution is -2.28. The molecule has 0 saturated carbocycles. The Labute approximate surface area is 279 Å². The highest BCUT2D eigenvalue weighted by Crippen LogP contribution is 2.13. The van der Waals surface area contributed by atoms with Gasteiger partial charge in [-0.3, -0.25) is 9.59 Å². The van der Waals surface area contributed by atoms with Gasteiger partial charge in [0.25, 0.3) is 0 Å². The van der Waals surface area contributed by atoms with E-state index in [2.05, 4.69) is 38.2 Å². The molecule has 264 valence electrons. The molecule has 0 unspecified atom stereocenters. The maximum atomic E-state index is 12.1. The molecule has 0 aromatic rings. The van der Waals surface area contributed by atoms with Crippen LogP contribution in [0, 0.1) is 0 Å². The summed E-state index contributed by atoms with van der Waals surface area (Å²) < 4.78 is 10.6. The van der Waals surface area contributed by atoms with E-state index in [9.17, 15) is 14.7 Å². The summed E-state index contributed by atoms with van der Waals surface area (Å²) in [4.78, 5) is 24.2. The first-order valence-corrected chi connectivity index (χ1v) is 19.4. The molecule has 0 aliphatic carbocycles. The fraction of sp³-hybridized carbons (Fsp3) is 0.850. The third-order valence-corrected chi connectivity index (χ3v) is 8.47. The Morgan fingerprint density at radius 1 is 0.489 bits per heavy atom. The van der Waals surface area contributed by atoms with Gasteiger partial charge in [-0.25, -0.2) is 0 Å². The van der Waals surface area contributed by atoms with Crippen molar-refractivity contribution in [1.29, 1.82) is 0 Å². The van der Waals surface area contributed by atoms with Gasteiger partial charge in [-0.2, -0.15) is 0 Å². The van der Waals surface area contributed by atoms with Crippen LogP contribution in [0.4, 0.5) is 0 Å². The van der Waals surface area contributed by atoms with Gasteiger partial charge in [-0.05, 0) is 64.2 Å². The Morgan fingerprint density at radius 3 is 1.20 bits per heavy atom. The fourth-order valence-corrected chi connectivity index (χ4v) is 5.48. The number of aliphatic hydroxyl groups excluding tert-OH is 1. The number of ether oxygens (including phenoxy) is 2. The van der Waals surface area contributed by atoms with Gasteiger partial charge in [0.15, 0.2) is 6.10 Å². The van der Waals surface area contributed by atoms with E-state index in [0.717, 1.165) is 44.9 Å². The summed E-state index contributed by atoms with van der Waals surface area (Å²) in [5, 5.41) is 9.54. The van der Waals surface area contributed by atoms with E-state index < -0.39 is 6.10 Å². The number of unbranched alkanes of at least 4 members (excludes halogenated alkanes) is 23. The van der Waals surface area contributed by atoms with E-state index in [-0.39, 0.29) is 25.2 Å². The zero-order chi connectivity index (χ0) is 32.9. The lowest BCUT2D eigenvalue weighted by Gasteiger charge is -2.15. The first-order valence-electron chi connectivity index (χ1n) is 19.4. The van der Waals surface area contributed by atoms with Crippen LogP contribution in [0.25, 0.3) is 0 Å². The smallest absolute Gasteiger partial charge is 0.306 e. The van der Waals surface area contributed by atoms with Crippen LogP contribution in [0.2, 0.25) is 0 Å². The molecule has 1 N–H and O–H groups in total. The molecule has 0 spiro atoms. The highest BCUT2D eigenvalue weighted by molar-refractivity contribution is 5.70. The fourth-order valence-electron chi connectivity index (χ4n) is 5.48. The summed E-state index contributed by atoms with van der Waals surface area (Å²) in [6.45, 7) is 4.11. The molecule has 5 nitrogen and oxygen atoms in total. The lowest BCUT2D eigenvalue weighted by atomic mass is 10.1. The zero-order valence-electron chi connectivity index (χ0n) is 29.9. The first kappa shape index (κ1) is 43.4. The summed E-state index contributed by atoms with van der Waals surface area (Å²) >= 11 is 0. The highest BCUT2D eigenvalue weighted by atomic mass is 16.6. The van der Waals surface area contributed by atoms with Crippen molar-refractivity contribution < 1.29 is 24.2 Å². The first-order chi connectivity index (χ1) is 22.1. The van der Waals surface area contributed by atoms with Crippen LogP contribution in [-0.2, 0) is 19.1 Å². The lowest BCUT2D eigenvalue weighted by molar-refractivity contribution is -0.161. The predicted molar refractivity (Wildman–Crippen MR) is 191 cm³/mol. The van der Waals surface area contributed by atoms with Gasteiger partial charge in [0.05, 0.1) is 6.61 Å². The van der Waals surface area contributed by atoms with Crippen molar-refractivity contribution in [2.45, 2.75) is 206 Å². The normalized spacial score (nSPS) is 12.3. The molecule has 5 heteroatoms. The third kappa shape index (κ3) is 35.1. The van der Waals surface area contributed by atoms with E-state index in [1.165, 1.54) is 128 Å². The minimum atomic E-state index is -0.773. The van der Waals surface area contributed by atoms with Crippen LogP contribution in [0.3, 0.4) is 0 Å². The van der Waals surface area contributed by atoms with Gasteiger partial charge in [0.1, 0.15) is 6.61 Å². The van der Waals surface area contributed by atoms with Crippen molar-refractivity contribution in [2.75, 3.05) is 13.2 Å². The van der Waals surface area contributed by atoms with Crippen LogP contribution in [0.5, 0.6) is 0 Å². The molecule has 0 aromatic carbocycles. The number of carbonyl (C=O) groups excluding carboxylic acids is 2. The second kappa shape index (κ2) is 36.8. The summed E-state index contributed by atoms with van der Waals surface area (Å²) in [6.07, 6.45) is 42.3. The number of rotatable bonds is 35. The Kier molecular flexibility index (Phi) is 35.5. The second-order valence-electron chi connectivity index (χ2n) is 13.0. The average molecular weight is 635 g/mol. The SMILES string of the molecule is CCCCCCC/C=C/CCCCCCCC(=O)O[C@@H](CO)COC(=O)CCCCCCCCC/C=C/CCCCCCCC. The number of hydrogen-bond acceptors (Lipinski definition) is 5. The number of aliphatic hydroxyl groups is 1. The van der Waals surface area contributed by atoms with Gasteiger partial charge in [0, 0.05) is 12.8 Å². The number of hydrogen-bond donors (Lipinski definition) is 1. The average Bonchev–Trinajstić information content (AvgIpc) is 3.04. The van der Waals surface area contributed by atoms with Gasteiger partial charge in [-0.15, -0.1) is 0 Å². The molecule has 0 aromatic heterocycles. The van der Waals surface area contributed by atoms with Crippen molar-refractivity contribution in [3.05, 3.63) is 24.3 Å². The molecule has 0 bridgehead atoms. The Morgan fingerprint density at radius 2 is 0.822 bits per heavy atom. The molecule has 45 heavy (non-hydrogen) atoms. The standard InChI is InChI=1S/C40H74O5/c1-3-5-7-9-11-13-15-17-19-20-21-23-24-26-28-30-32-34-39(42)44-37-38(36-41)45-40(43)35-33-31-29-27-25-22-18-16-14-12-10-8-6-4-2/h16-19,38,41H,3-15,20-37H2,1-2H3/b18-16+,19-17+/t38-/m0/s1. The van der Waals surface area contributed by atoms with Crippen molar-refractivity contribution in [3.63, 3.8) is 0 Å². The summed E-state index contributed by atoms with van der Waals surface area (Å²) in [6, 6.07) is 0. The van der Waals surface area contributed by atoms with Crippen LogP contribution in [-0.4, -0.2) is 36.4 Å². The van der Waals surface area contributed by atoms with Crippen molar-refractivity contribution in [3.8, 4) is 0 Å². The molecule has 0 fully saturated rings. The Bertz CT molecular complexity index is 686. The van der Waals surface area contributed by atoms with E-state index >= 15 is 0 Å². The Hall–Kier alpha value is -1.62. The van der Waals surface area contributed by atoms with Crippen molar-refractivity contribution >= 4 is 11.9 Å². The van der Waals surface area contributed by atoms with Crippen molar-refractivity contribution in [2.24, 2.45) is 0 Å². The number of allylic oxidation sites excluding steroid dienone is 4. The van der Waals surface area contributed by atoms with E-state index in [1.807, 2.05) is 0 Å². The van der Waals surface area contributed by atoms with Crippen molar-refractivity contribution in [1.82, 2.24) is 0 Å². The maximum absolute atomic E-state index is 12.1. The maximum Gasteiger partial charge on any atom is 0.306 e. The summed E-state index contributed by atoms with van der Waals surface area (Å²) in [7, 11) is 0. The van der Waals surface area contributed by atoms with Crippen LogP contribution >= 0.6 is 0 Å². The van der Waals surface area contributed by atoms with E-state index in [1.54, 1.807) is 0 Å². The molecule has 0 amide bonds. The molecule has 0 aliphatic heterocycles. The monoisotopic (exact) mass is 635 g/mol. The highest BCUT2D eigenvalue weighted by Gasteiger charge is 2.16. The number of esters is 2. The number of carbonyl (C=O) groups is 2. The predicted octanol–water partition coefficient (Wildman–Crippen LogP) is 11.9. The van der Waals surface area contributed by atoms with Crippen LogP contribution < -0.4 is 0 Å². The largest absolute Gasteiger partial charge is 0.462 e. The van der Waals surface area contributed by atoms with Crippen LogP contribution in [0.15, 0.2) is 24.3 Å². The molecule has 0 radical (unpaired) electrons. The third-order valence-electron chi connectivity index (χ3n) is 8.47. The molecule has 0 heterocycles. The summed E-state index contributed by atoms with van der Waals surface area (Å²) in [5.41, 5.74) is 0. The molecular weight excluding hydrogens is 560 g/mol. The summed E-state index contributed by atoms with van der Waals surface area (Å²) in [5.74, 6) is -0.602.